The first kappa shape index (κ1) is 29.4. The summed E-state index contributed by atoms with van der Waals surface area (Å²) in [5.41, 5.74) is -0.739. The maximum absolute atomic E-state index is 13.8. The molecule has 0 aromatic heterocycles. The lowest BCUT2D eigenvalue weighted by atomic mass is 10.00. The van der Waals surface area contributed by atoms with Crippen LogP contribution in [0, 0.1) is 0 Å². The molecule has 1 aromatic rings. The van der Waals surface area contributed by atoms with Gasteiger partial charge in [0.15, 0.2) is 0 Å². The minimum Gasteiger partial charge on any atom is -0.508 e. The third kappa shape index (κ3) is 10.1. The van der Waals surface area contributed by atoms with Gasteiger partial charge in [-0.2, -0.15) is 11.8 Å². The van der Waals surface area contributed by atoms with Crippen LogP contribution in [0.1, 0.15) is 59.6 Å². The lowest BCUT2D eigenvalue weighted by Gasteiger charge is -2.35. The molecule has 0 aliphatic heterocycles. The van der Waals surface area contributed by atoms with Gasteiger partial charge in [-0.3, -0.25) is 9.59 Å². The average molecular weight is 494 g/mol. The summed E-state index contributed by atoms with van der Waals surface area (Å²) >= 11 is 1.54. The summed E-state index contributed by atoms with van der Waals surface area (Å²) in [5, 5.41) is 15.3. The second-order valence-electron chi connectivity index (χ2n) is 9.99. The number of hydrogen-bond acceptors (Lipinski definition) is 6. The summed E-state index contributed by atoms with van der Waals surface area (Å²) in [7, 11) is 0. The number of thioether (sulfide) groups is 1. The van der Waals surface area contributed by atoms with Crippen molar-refractivity contribution in [2.45, 2.75) is 71.2 Å². The van der Waals surface area contributed by atoms with E-state index in [0.717, 1.165) is 0 Å². The molecule has 1 aromatic carbocycles. The Hall–Kier alpha value is -2.68. The Morgan fingerprint density at radius 2 is 1.74 bits per heavy atom. The Kier molecular flexibility index (Phi) is 11.0. The minimum atomic E-state index is -0.998. The largest absolute Gasteiger partial charge is 0.508 e. The number of aromatic hydroxyl groups is 1. The number of hydrogen-bond donors (Lipinski definition) is 3. The van der Waals surface area contributed by atoms with Crippen LogP contribution in [0.25, 0.3) is 0 Å². The third-order valence-corrected chi connectivity index (χ3v) is 5.12. The first-order valence-electron chi connectivity index (χ1n) is 11.2. The fourth-order valence-corrected chi connectivity index (χ4v) is 3.64. The lowest BCUT2D eigenvalue weighted by molar-refractivity contribution is -0.142. The van der Waals surface area contributed by atoms with Gasteiger partial charge in [-0.15, -0.1) is 6.58 Å². The van der Waals surface area contributed by atoms with Gasteiger partial charge in [-0.25, -0.2) is 4.79 Å². The number of ether oxygens (including phenoxy) is 1. The van der Waals surface area contributed by atoms with E-state index in [-0.39, 0.29) is 18.2 Å². The summed E-state index contributed by atoms with van der Waals surface area (Å²) in [4.78, 5) is 41.0. The Bertz CT molecular complexity index is 844. The molecule has 1 rings (SSSR count). The first-order valence-corrected chi connectivity index (χ1v) is 12.6. The first-order chi connectivity index (χ1) is 15.7. The number of benzene rings is 1. The number of carbonyl (C=O) groups excluding carboxylic acids is 3. The highest BCUT2D eigenvalue weighted by molar-refractivity contribution is 7.98. The van der Waals surface area contributed by atoms with Crippen molar-refractivity contribution in [1.82, 2.24) is 15.5 Å². The zero-order chi connectivity index (χ0) is 26.1. The van der Waals surface area contributed by atoms with E-state index in [1.165, 1.54) is 23.1 Å². The van der Waals surface area contributed by atoms with Crippen molar-refractivity contribution in [1.29, 1.82) is 0 Å². The Balaban J connectivity index is 3.41. The molecule has 190 valence electrons. The second-order valence-corrected chi connectivity index (χ2v) is 11.0. The molecular formula is C25H39N3O5S. The summed E-state index contributed by atoms with van der Waals surface area (Å²) in [6.45, 7) is 14.6. The lowest BCUT2D eigenvalue weighted by Crippen LogP contribution is -2.54. The number of rotatable bonds is 10. The number of phenols is 1. The molecule has 0 radical (unpaired) electrons. The molecule has 2 unspecified atom stereocenters. The number of carbonyl (C=O) groups is 3. The molecule has 0 aliphatic rings. The van der Waals surface area contributed by atoms with E-state index in [1.807, 2.05) is 27.0 Å². The number of nitrogens with zero attached hydrogens (tertiary/aromatic N) is 1. The van der Waals surface area contributed by atoms with Crippen LogP contribution in [0.4, 0.5) is 4.79 Å². The zero-order valence-electron chi connectivity index (χ0n) is 21.3. The molecule has 0 saturated heterocycles. The molecular weight excluding hydrogens is 454 g/mol. The van der Waals surface area contributed by atoms with Crippen LogP contribution in [0.2, 0.25) is 0 Å². The second kappa shape index (κ2) is 12.7. The standard InChI is InChI=1S/C25H39N3O5S/c1-9-15-28(22(31)19(14-16-34-8)26-23(32)33-25(5,6)7)20(21(30)27-24(2,3)4)17-10-12-18(29)13-11-17/h9-13,19-20,29H,1,14-16H2,2-8H3,(H,26,32)(H,27,30). The molecule has 0 bridgehead atoms. The Labute approximate surface area is 207 Å². The number of amides is 3. The normalized spacial score (nSPS) is 13.4. The summed E-state index contributed by atoms with van der Waals surface area (Å²) in [6.07, 6.45) is 3.10. The van der Waals surface area contributed by atoms with E-state index in [1.54, 1.807) is 44.7 Å². The van der Waals surface area contributed by atoms with Crippen LogP contribution in [-0.4, -0.2) is 63.6 Å². The van der Waals surface area contributed by atoms with E-state index in [2.05, 4.69) is 17.2 Å². The molecule has 2 atom stereocenters. The van der Waals surface area contributed by atoms with Crippen molar-refractivity contribution in [3.63, 3.8) is 0 Å². The predicted molar refractivity (Wildman–Crippen MR) is 137 cm³/mol. The zero-order valence-corrected chi connectivity index (χ0v) is 22.1. The number of alkyl carbamates (subject to hydrolysis) is 1. The average Bonchev–Trinajstić information content (AvgIpc) is 2.69. The third-order valence-electron chi connectivity index (χ3n) is 4.48. The quantitative estimate of drug-likeness (QED) is 0.425. The van der Waals surface area contributed by atoms with Gasteiger partial charge < -0.3 is 25.4 Å². The van der Waals surface area contributed by atoms with Crippen molar-refractivity contribution >= 4 is 29.7 Å². The smallest absolute Gasteiger partial charge is 0.408 e. The van der Waals surface area contributed by atoms with E-state index >= 15 is 0 Å². The van der Waals surface area contributed by atoms with Crippen molar-refractivity contribution in [2.24, 2.45) is 0 Å². The highest BCUT2D eigenvalue weighted by Gasteiger charge is 2.36. The fourth-order valence-electron chi connectivity index (χ4n) is 3.17. The molecule has 0 saturated carbocycles. The molecule has 3 amide bonds. The summed E-state index contributed by atoms with van der Waals surface area (Å²) in [5.74, 6) is -0.146. The highest BCUT2D eigenvalue weighted by atomic mass is 32.2. The van der Waals surface area contributed by atoms with Crippen LogP contribution >= 0.6 is 11.8 Å². The van der Waals surface area contributed by atoms with Gasteiger partial charge in [0.25, 0.3) is 0 Å². The van der Waals surface area contributed by atoms with Crippen LogP contribution in [0.3, 0.4) is 0 Å². The van der Waals surface area contributed by atoms with Crippen LogP contribution < -0.4 is 10.6 Å². The maximum atomic E-state index is 13.8. The topological polar surface area (TPSA) is 108 Å². The van der Waals surface area contributed by atoms with Crippen molar-refractivity contribution in [2.75, 3.05) is 18.6 Å². The van der Waals surface area contributed by atoms with E-state index < -0.39 is 35.2 Å². The summed E-state index contributed by atoms with van der Waals surface area (Å²) in [6, 6.07) is 4.24. The molecule has 34 heavy (non-hydrogen) atoms. The van der Waals surface area contributed by atoms with Gasteiger partial charge in [-0.05, 0) is 77.7 Å². The molecule has 0 fully saturated rings. The van der Waals surface area contributed by atoms with Gasteiger partial charge in [-0.1, -0.05) is 18.2 Å². The van der Waals surface area contributed by atoms with E-state index in [9.17, 15) is 19.5 Å². The van der Waals surface area contributed by atoms with E-state index in [4.69, 9.17) is 4.74 Å². The predicted octanol–water partition coefficient (Wildman–Crippen LogP) is 4.01. The van der Waals surface area contributed by atoms with Crippen LogP contribution in [0.15, 0.2) is 36.9 Å². The van der Waals surface area contributed by atoms with Gasteiger partial charge in [0.2, 0.25) is 11.8 Å². The molecule has 0 spiro atoms. The fraction of sp³-hybridized carbons (Fsp3) is 0.560. The van der Waals surface area contributed by atoms with Crippen molar-refractivity contribution in [3.05, 3.63) is 42.5 Å². The maximum Gasteiger partial charge on any atom is 0.408 e. The molecule has 9 heteroatoms. The minimum absolute atomic E-state index is 0.0461. The van der Waals surface area contributed by atoms with Crippen molar-refractivity contribution in [3.8, 4) is 5.75 Å². The molecule has 0 aliphatic carbocycles. The molecule has 8 nitrogen and oxygen atoms in total. The van der Waals surface area contributed by atoms with Gasteiger partial charge in [0, 0.05) is 12.1 Å². The van der Waals surface area contributed by atoms with Gasteiger partial charge >= 0.3 is 6.09 Å². The Morgan fingerprint density at radius 1 is 1.15 bits per heavy atom. The van der Waals surface area contributed by atoms with E-state index in [0.29, 0.717) is 17.7 Å². The van der Waals surface area contributed by atoms with Crippen LogP contribution in [0.5, 0.6) is 5.75 Å². The molecule has 0 heterocycles. The monoisotopic (exact) mass is 493 g/mol. The Morgan fingerprint density at radius 3 is 2.21 bits per heavy atom. The molecule has 3 N–H and O–H groups in total. The van der Waals surface area contributed by atoms with Gasteiger partial charge in [0.05, 0.1) is 0 Å². The SMILES string of the molecule is C=CCN(C(=O)C(CCSC)NC(=O)OC(C)(C)C)C(C(=O)NC(C)(C)C)c1ccc(O)cc1. The summed E-state index contributed by atoms with van der Waals surface area (Å²) < 4.78 is 5.35. The van der Waals surface area contributed by atoms with Crippen molar-refractivity contribution < 1.29 is 24.2 Å². The highest BCUT2D eigenvalue weighted by Crippen LogP contribution is 2.26. The van der Waals surface area contributed by atoms with Gasteiger partial charge in [0.1, 0.15) is 23.4 Å². The number of nitrogens with one attached hydrogen (secondary N) is 2. The van der Waals surface area contributed by atoms with Crippen LogP contribution in [-0.2, 0) is 14.3 Å². The number of phenolic OH excluding ortho intramolecular Hbond substituents is 1.